The Morgan fingerprint density at radius 3 is 2.81 bits per heavy atom. The number of carbonyl (C=O) groups is 1. The maximum absolute atomic E-state index is 12.7. The van der Waals surface area contributed by atoms with Crippen molar-refractivity contribution in [2.75, 3.05) is 6.61 Å². The number of benzene rings is 1. The van der Waals surface area contributed by atoms with E-state index in [0.29, 0.717) is 23.7 Å². The third-order valence-electron chi connectivity index (χ3n) is 4.58. The minimum Gasteiger partial charge on any atom is -0.466 e. The van der Waals surface area contributed by atoms with E-state index >= 15 is 0 Å². The van der Waals surface area contributed by atoms with Crippen LogP contribution in [0.25, 0.3) is 11.2 Å². The van der Waals surface area contributed by atoms with E-state index in [1.54, 1.807) is 17.7 Å². The zero-order valence-corrected chi connectivity index (χ0v) is 14.5. The van der Waals surface area contributed by atoms with Crippen molar-refractivity contribution in [3.05, 3.63) is 58.4 Å². The van der Waals surface area contributed by atoms with Gasteiger partial charge in [0.15, 0.2) is 5.65 Å². The number of aromatic amines is 1. The predicted octanol–water partition coefficient (Wildman–Crippen LogP) is 2.54. The summed E-state index contributed by atoms with van der Waals surface area (Å²) in [6.07, 6.45) is 3.87. The summed E-state index contributed by atoms with van der Waals surface area (Å²) in [7, 11) is 0. The van der Waals surface area contributed by atoms with Crippen molar-refractivity contribution in [1.29, 1.82) is 0 Å². The Bertz CT molecular complexity index is 989. The summed E-state index contributed by atoms with van der Waals surface area (Å²) in [5.74, 6) is 0.783. The fraction of sp³-hybridized carbons (Fsp3) is 0.368. The first-order valence-corrected chi connectivity index (χ1v) is 8.85. The lowest BCUT2D eigenvalue weighted by molar-refractivity contribution is -0.143. The highest BCUT2D eigenvalue weighted by atomic mass is 16.5. The van der Waals surface area contributed by atoms with Gasteiger partial charge in [-0.25, -0.2) is 14.8 Å². The second-order valence-electron chi connectivity index (χ2n) is 6.48. The SMILES string of the molecule is CCOC(=O)C[C@H](c1ccccc1)n1c(=O)[nH]c2cnc(C3CC3)nc21. The zero-order valence-electron chi connectivity index (χ0n) is 14.5. The highest BCUT2D eigenvalue weighted by molar-refractivity contribution is 5.73. The average Bonchev–Trinajstić information content (AvgIpc) is 3.44. The van der Waals surface area contributed by atoms with Crippen LogP contribution in [0.1, 0.15) is 49.5 Å². The number of hydrogen-bond donors (Lipinski definition) is 1. The Balaban J connectivity index is 1.84. The average molecular weight is 352 g/mol. The molecule has 0 radical (unpaired) electrons. The maximum atomic E-state index is 12.7. The lowest BCUT2D eigenvalue weighted by Crippen LogP contribution is -2.26. The molecule has 7 nitrogen and oxygen atoms in total. The largest absolute Gasteiger partial charge is 0.466 e. The summed E-state index contributed by atoms with van der Waals surface area (Å²) in [6, 6.07) is 8.99. The Labute approximate surface area is 150 Å². The van der Waals surface area contributed by atoms with Gasteiger partial charge in [0.1, 0.15) is 11.3 Å². The number of nitrogens with zero attached hydrogens (tertiary/aromatic N) is 3. The molecule has 1 aliphatic rings. The number of hydrogen-bond acceptors (Lipinski definition) is 5. The molecule has 0 unspecified atom stereocenters. The maximum Gasteiger partial charge on any atom is 0.328 e. The molecule has 0 spiro atoms. The molecule has 1 atom stereocenters. The second-order valence-corrected chi connectivity index (χ2v) is 6.48. The Kier molecular flexibility index (Phi) is 4.28. The fourth-order valence-electron chi connectivity index (χ4n) is 3.17. The van der Waals surface area contributed by atoms with E-state index in [1.165, 1.54) is 0 Å². The number of fused-ring (bicyclic) bond motifs is 1. The van der Waals surface area contributed by atoms with E-state index < -0.39 is 6.04 Å². The number of nitrogens with one attached hydrogen (secondary N) is 1. The third-order valence-corrected chi connectivity index (χ3v) is 4.58. The zero-order chi connectivity index (χ0) is 18.1. The van der Waals surface area contributed by atoms with E-state index in [1.807, 2.05) is 30.3 Å². The first-order chi connectivity index (χ1) is 12.7. The molecule has 4 rings (SSSR count). The molecule has 0 bridgehead atoms. The number of imidazole rings is 1. The Morgan fingerprint density at radius 1 is 1.35 bits per heavy atom. The van der Waals surface area contributed by atoms with Crippen molar-refractivity contribution in [3.63, 3.8) is 0 Å². The van der Waals surface area contributed by atoms with Crippen molar-refractivity contribution in [1.82, 2.24) is 19.5 Å². The molecule has 7 heteroatoms. The van der Waals surface area contributed by atoms with Crippen LogP contribution in [0, 0.1) is 0 Å². The van der Waals surface area contributed by atoms with Crippen LogP contribution < -0.4 is 5.69 Å². The minimum atomic E-state index is -0.488. The van der Waals surface area contributed by atoms with Gasteiger partial charge in [0.25, 0.3) is 0 Å². The standard InChI is InChI=1S/C19H20N4O3/c1-2-26-16(24)10-15(12-6-4-3-5-7-12)23-18-14(21-19(23)25)11-20-17(22-18)13-8-9-13/h3-7,11,13,15H,2,8-10H2,1H3,(H,21,25)/t15-/m1/s1. The van der Waals surface area contributed by atoms with Crippen LogP contribution in [0.15, 0.2) is 41.3 Å². The van der Waals surface area contributed by atoms with Crippen LogP contribution in [-0.4, -0.2) is 32.1 Å². The van der Waals surface area contributed by atoms with E-state index in [2.05, 4.69) is 15.0 Å². The molecule has 2 aromatic heterocycles. The monoisotopic (exact) mass is 352 g/mol. The molecule has 26 heavy (non-hydrogen) atoms. The first-order valence-electron chi connectivity index (χ1n) is 8.85. The molecule has 2 heterocycles. The lowest BCUT2D eigenvalue weighted by Gasteiger charge is -2.18. The molecule has 1 aromatic carbocycles. The first kappa shape index (κ1) is 16.5. The van der Waals surface area contributed by atoms with Gasteiger partial charge in [-0.05, 0) is 25.3 Å². The van der Waals surface area contributed by atoms with Crippen molar-refractivity contribution in [2.24, 2.45) is 0 Å². The van der Waals surface area contributed by atoms with E-state index in [-0.39, 0.29) is 18.1 Å². The third kappa shape index (κ3) is 3.12. The second kappa shape index (κ2) is 6.74. The van der Waals surface area contributed by atoms with Crippen molar-refractivity contribution in [3.8, 4) is 0 Å². The van der Waals surface area contributed by atoms with Gasteiger partial charge in [-0.3, -0.25) is 9.36 Å². The smallest absolute Gasteiger partial charge is 0.328 e. The van der Waals surface area contributed by atoms with Crippen molar-refractivity contribution >= 4 is 17.1 Å². The van der Waals surface area contributed by atoms with Crippen molar-refractivity contribution in [2.45, 2.75) is 38.1 Å². The molecule has 134 valence electrons. The molecule has 0 saturated heterocycles. The van der Waals surface area contributed by atoms with Gasteiger partial charge in [0, 0.05) is 5.92 Å². The topological polar surface area (TPSA) is 89.9 Å². The summed E-state index contributed by atoms with van der Waals surface area (Å²) in [5, 5.41) is 0. The van der Waals surface area contributed by atoms with Crippen LogP contribution in [0.2, 0.25) is 0 Å². The van der Waals surface area contributed by atoms with Gasteiger partial charge in [0.05, 0.1) is 25.3 Å². The number of aromatic nitrogens is 4. The van der Waals surface area contributed by atoms with Crippen LogP contribution >= 0.6 is 0 Å². The fourth-order valence-corrected chi connectivity index (χ4v) is 3.17. The van der Waals surface area contributed by atoms with Crippen LogP contribution in [-0.2, 0) is 9.53 Å². The van der Waals surface area contributed by atoms with Gasteiger partial charge in [-0.15, -0.1) is 0 Å². The predicted molar refractivity (Wildman–Crippen MR) is 96.0 cm³/mol. The Morgan fingerprint density at radius 2 is 2.12 bits per heavy atom. The summed E-state index contributed by atoms with van der Waals surface area (Å²) < 4.78 is 6.67. The lowest BCUT2D eigenvalue weighted by atomic mass is 10.0. The summed E-state index contributed by atoms with van der Waals surface area (Å²) in [4.78, 5) is 36.6. The molecule has 3 aromatic rings. The van der Waals surface area contributed by atoms with Crippen LogP contribution in [0.4, 0.5) is 0 Å². The van der Waals surface area contributed by atoms with E-state index in [4.69, 9.17) is 4.74 Å². The number of ether oxygens (including phenoxy) is 1. The summed E-state index contributed by atoms with van der Waals surface area (Å²) >= 11 is 0. The summed E-state index contributed by atoms with van der Waals surface area (Å²) in [6.45, 7) is 2.07. The summed E-state index contributed by atoms with van der Waals surface area (Å²) in [5.41, 5.74) is 1.66. The molecule has 1 N–H and O–H groups in total. The van der Waals surface area contributed by atoms with Gasteiger partial charge < -0.3 is 9.72 Å². The van der Waals surface area contributed by atoms with Gasteiger partial charge in [-0.1, -0.05) is 30.3 Å². The van der Waals surface area contributed by atoms with E-state index in [9.17, 15) is 9.59 Å². The van der Waals surface area contributed by atoms with Gasteiger partial charge in [-0.2, -0.15) is 0 Å². The molecule has 0 aliphatic heterocycles. The highest BCUT2D eigenvalue weighted by Gasteiger charge is 2.29. The molecule has 0 amide bonds. The number of H-pyrrole nitrogens is 1. The molecule has 1 aliphatic carbocycles. The van der Waals surface area contributed by atoms with E-state index in [0.717, 1.165) is 24.2 Å². The van der Waals surface area contributed by atoms with Crippen molar-refractivity contribution < 1.29 is 9.53 Å². The molecule has 1 saturated carbocycles. The van der Waals surface area contributed by atoms with Crippen LogP contribution in [0.3, 0.4) is 0 Å². The highest BCUT2D eigenvalue weighted by Crippen LogP contribution is 2.38. The van der Waals surface area contributed by atoms with Gasteiger partial charge >= 0.3 is 11.7 Å². The van der Waals surface area contributed by atoms with Gasteiger partial charge in [0.2, 0.25) is 0 Å². The molecule has 1 fully saturated rings. The number of esters is 1. The number of rotatable bonds is 6. The number of carbonyl (C=O) groups excluding carboxylic acids is 1. The molecular formula is C19H20N4O3. The quantitative estimate of drug-likeness (QED) is 0.689. The van der Waals surface area contributed by atoms with Crippen LogP contribution in [0.5, 0.6) is 0 Å². The molecular weight excluding hydrogens is 332 g/mol. The Hall–Kier alpha value is -2.96. The normalized spacial score (nSPS) is 15.1. The minimum absolute atomic E-state index is 0.0630.